The topological polar surface area (TPSA) is 118 Å². The van der Waals surface area contributed by atoms with Crippen molar-refractivity contribution in [1.29, 1.82) is 0 Å². The summed E-state index contributed by atoms with van der Waals surface area (Å²) in [6, 6.07) is 0. The van der Waals surface area contributed by atoms with E-state index in [9.17, 15) is 25.2 Å². The maximum absolute atomic E-state index is 10.4. The van der Waals surface area contributed by atoms with E-state index < -0.39 is 29.0 Å². The van der Waals surface area contributed by atoms with Gasteiger partial charge in [0.2, 0.25) is 11.5 Å². The zero-order valence-electron chi connectivity index (χ0n) is 8.56. The number of hydrogen-bond acceptors (Lipinski definition) is 5. The summed E-state index contributed by atoms with van der Waals surface area (Å²) >= 11 is 0. The summed E-state index contributed by atoms with van der Waals surface area (Å²) in [7, 11) is 1.41. The maximum Gasteiger partial charge on any atom is 0.303 e. The Balaban J connectivity index is 3.23. The van der Waals surface area contributed by atoms with Crippen molar-refractivity contribution >= 4 is 19.3 Å². The number of carbonyl (C=O) groups is 1. The number of carboxylic acids is 1. The van der Waals surface area contributed by atoms with Crippen molar-refractivity contribution in [2.24, 2.45) is 0 Å². The third-order valence-corrected chi connectivity index (χ3v) is 2.36. The predicted molar refractivity (Wildman–Crippen MR) is 57.2 cm³/mol. The first-order valence-electron chi connectivity index (χ1n) is 4.53. The second kappa shape index (κ2) is 4.22. The number of aromatic hydroxyl groups is 4. The van der Waals surface area contributed by atoms with Crippen molar-refractivity contribution in [2.45, 2.75) is 12.8 Å². The molecular formula is C9H11BO6. The van der Waals surface area contributed by atoms with Gasteiger partial charge in [-0.25, -0.2) is 0 Å². The van der Waals surface area contributed by atoms with Gasteiger partial charge in [0.25, 0.3) is 0 Å². The Bertz CT molecular complexity index is 413. The first kappa shape index (κ1) is 12.0. The average Bonchev–Trinajstić information content (AvgIpc) is 2.23. The van der Waals surface area contributed by atoms with Gasteiger partial charge in [0.15, 0.2) is 11.5 Å². The number of phenols is 4. The molecule has 0 fully saturated rings. The second-order valence-electron chi connectivity index (χ2n) is 3.39. The Kier molecular flexibility index (Phi) is 3.17. The van der Waals surface area contributed by atoms with Crippen molar-refractivity contribution in [3.05, 3.63) is 5.56 Å². The fourth-order valence-electron chi connectivity index (χ4n) is 1.40. The van der Waals surface area contributed by atoms with E-state index in [-0.39, 0.29) is 23.9 Å². The van der Waals surface area contributed by atoms with Gasteiger partial charge in [0.1, 0.15) is 7.85 Å². The maximum atomic E-state index is 10.4. The van der Waals surface area contributed by atoms with Gasteiger partial charge in [-0.05, 0) is 17.4 Å². The molecule has 0 aliphatic heterocycles. The third-order valence-electron chi connectivity index (χ3n) is 2.36. The minimum absolute atomic E-state index is 0.0472. The minimum Gasteiger partial charge on any atom is -0.505 e. The molecule has 0 aliphatic rings. The molecule has 6 nitrogen and oxygen atoms in total. The van der Waals surface area contributed by atoms with E-state index in [1.54, 1.807) is 0 Å². The predicted octanol–water partition coefficient (Wildman–Crippen LogP) is -1.22. The lowest BCUT2D eigenvalue weighted by Gasteiger charge is -2.12. The number of rotatable bonds is 3. The molecule has 0 heterocycles. The molecule has 7 heteroatoms. The number of carboxylic acid groups (broad SMARTS) is 1. The van der Waals surface area contributed by atoms with E-state index in [4.69, 9.17) is 5.11 Å². The quantitative estimate of drug-likeness (QED) is 0.250. The smallest absolute Gasteiger partial charge is 0.303 e. The molecule has 0 saturated carbocycles. The van der Waals surface area contributed by atoms with Crippen LogP contribution in [0.3, 0.4) is 0 Å². The minimum atomic E-state index is -1.06. The number of phenolic OH excluding ortho intramolecular Hbond substituents is 4. The molecule has 0 unspecified atom stereocenters. The molecule has 0 saturated heterocycles. The van der Waals surface area contributed by atoms with Gasteiger partial charge in [-0.3, -0.25) is 4.79 Å². The van der Waals surface area contributed by atoms with Crippen molar-refractivity contribution in [3.63, 3.8) is 0 Å². The van der Waals surface area contributed by atoms with E-state index >= 15 is 0 Å². The van der Waals surface area contributed by atoms with Crippen LogP contribution in [0, 0.1) is 0 Å². The van der Waals surface area contributed by atoms with E-state index in [0.29, 0.717) is 0 Å². The lowest BCUT2D eigenvalue weighted by atomic mass is 9.86. The van der Waals surface area contributed by atoms with Crippen molar-refractivity contribution < 1.29 is 30.3 Å². The fourth-order valence-corrected chi connectivity index (χ4v) is 1.40. The Morgan fingerprint density at radius 2 is 1.50 bits per heavy atom. The second-order valence-corrected chi connectivity index (χ2v) is 3.39. The van der Waals surface area contributed by atoms with Crippen LogP contribution in [-0.2, 0) is 11.2 Å². The molecule has 0 atom stereocenters. The first-order chi connectivity index (χ1) is 7.36. The van der Waals surface area contributed by atoms with Crippen LogP contribution in [0.15, 0.2) is 0 Å². The highest BCUT2D eigenvalue weighted by atomic mass is 16.4. The van der Waals surface area contributed by atoms with Gasteiger partial charge in [0, 0.05) is 6.42 Å². The highest BCUT2D eigenvalue weighted by molar-refractivity contribution is 6.36. The number of hydrogen-bond donors (Lipinski definition) is 5. The Morgan fingerprint density at radius 3 is 2.00 bits per heavy atom. The third kappa shape index (κ3) is 1.97. The van der Waals surface area contributed by atoms with Gasteiger partial charge in [0.05, 0.1) is 0 Å². The summed E-state index contributed by atoms with van der Waals surface area (Å²) in [6.07, 6.45) is -0.299. The molecule has 0 spiro atoms. The van der Waals surface area contributed by atoms with Gasteiger partial charge < -0.3 is 25.5 Å². The molecule has 1 aromatic carbocycles. The highest BCUT2D eigenvalue weighted by Crippen LogP contribution is 2.42. The summed E-state index contributed by atoms with van der Waals surface area (Å²) in [5.74, 6) is -3.88. The standard InChI is InChI=1S/C9H11BO6/c10-5-3(1-2-4(11)12)6(13)8(15)9(16)7(5)14/h13-16H,1-2,10H2,(H,11,12). The lowest BCUT2D eigenvalue weighted by molar-refractivity contribution is -0.136. The summed E-state index contributed by atoms with van der Waals surface area (Å²) in [5, 5.41) is 45.8. The Labute approximate surface area is 91.8 Å². The van der Waals surface area contributed by atoms with Crippen LogP contribution in [0.5, 0.6) is 23.0 Å². The molecule has 0 amide bonds. The van der Waals surface area contributed by atoms with Crippen molar-refractivity contribution in [1.82, 2.24) is 0 Å². The average molecular weight is 226 g/mol. The SMILES string of the molecule is Bc1c(O)c(O)c(O)c(O)c1CCC(=O)O. The van der Waals surface area contributed by atoms with Crippen LogP contribution in [0.1, 0.15) is 12.0 Å². The number of aliphatic carboxylic acids is 1. The summed E-state index contributed by atoms with van der Waals surface area (Å²) < 4.78 is 0. The van der Waals surface area contributed by atoms with E-state index in [0.717, 1.165) is 0 Å². The van der Waals surface area contributed by atoms with E-state index in [1.807, 2.05) is 0 Å². The summed E-state index contributed by atoms with van der Waals surface area (Å²) in [4.78, 5) is 10.4. The summed E-state index contributed by atoms with van der Waals surface area (Å²) in [5.41, 5.74) is 0.254. The largest absolute Gasteiger partial charge is 0.505 e. The zero-order valence-corrected chi connectivity index (χ0v) is 8.56. The fraction of sp³-hybridized carbons (Fsp3) is 0.222. The highest BCUT2D eigenvalue weighted by Gasteiger charge is 2.20. The molecule has 0 bridgehead atoms. The number of benzene rings is 1. The van der Waals surface area contributed by atoms with Gasteiger partial charge >= 0.3 is 5.97 Å². The van der Waals surface area contributed by atoms with Crippen LogP contribution >= 0.6 is 0 Å². The molecule has 1 aromatic rings. The van der Waals surface area contributed by atoms with Gasteiger partial charge in [-0.15, -0.1) is 0 Å². The normalized spacial score (nSPS) is 10.2. The van der Waals surface area contributed by atoms with Crippen molar-refractivity contribution in [2.75, 3.05) is 0 Å². The Morgan fingerprint density at radius 1 is 1.00 bits per heavy atom. The molecule has 0 aliphatic carbocycles. The molecule has 0 aromatic heterocycles. The summed E-state index contributed by atoms with van der Waals surface area (Å²) in [6.45, 7) is 0. The van der Waals surface area contributed by atoms with Crippen LogP contribution in [0.4, 0.5) is 0 Å². The van der Waals surface area contributed by atoms with Gasteiger partial charge in [-0.1, -0.05) is 0 Å². The molecule has 5 N–H and O–H groups in total. The van der Waals surface area contributed by atoms with Crippen molar-refractivity contribution in [3.8, 4) is 23.0 Å². The Hall–Kier alpha value is -2.05. The zero-order chi connectivity index (χ0) is 12.5. The molecular weight excluding hydrogens is 215 g/mol. The van der Waals surface area contributed by atoms with Crippen LogP contribution in [0.2, 0.25) is 0 Å². The molecule has 86 valence electrons. The molecule has 1 rings (SSSR count). The van der Waals surface area contributed by atoms with Crippen LogP contribution in [0.25, 0.3) is 0 Å². The molecule has 0 radical (unpaired) electrons. The van der Waals surface area contributed by atoms with E-state index in [2.05, 4.69) is 0 Å². The first-order valence-corrected chi connectivity index (χ1v) is 4.53. The van der Waals surface area contributed by atoms with Crippen LogP contribution < -0.4 is 5.46 Å². The van der Waals surface area contributed by atoms with E-state index in [1.165, 1.54) is 7.85 Å². The lowest BCUT2D eigenvalue weighted by Crippen LogP contribution is -2.13. The van der Waals surface area contributed by atoms with Gasteiger partial charge in [-0.2, -0.15) is 0 Å². The van der Waals surface area contributed by atoms with Crippen LogP contribution in [-0.4, -0.2) is 39.3 Å². The monoisotopic (exact) mass is 226 g/mol. The molecule has 16 heavy (non-hydrogen) atoms.